The molecule has 1 fully saturated rings. The van der Waals surface area contributed by atoms with Gasteiger partial charge in [0, 0.05) is 48.5 Å². The van der Waals surface area contributed by atoms with E-state index in [1.54, 1.807) is 13.2 Å². The van der Waals surface area contributed by atoms with Crippen LogP contribution in [0.5, 0.6) is 11.5 Å². The summed E-state index contributed by atoms with van der Waals surface area (Å²) in [5.74, 6) is 1.68. The lowest BCUT2D eigenvalue weighted by molar-refractivity contribution is 0.224. The van der Waals surface area contributed by atoms with Gasteiger partial charge >= 0.3 is 0 Å². The predicted molar refractivity (Wildman–Crippen MR) is 121 cm³/mol. The molecule has 1 aromatic heterocycles. The minimum absolute atomic E-state index is 0.188. The van der Waals surface area contributed by atoms with Crippen molar-refractivity contribution < 1.29 is 13.9 Å². The van der Waals surface area contributed by atoms with Gasteiger partial charge in [-0.05, 0) is 30.3 Å². The van der Waals surface area contributed by atoms with E-state index >= 15 is 0 Å². The molecule has 2 aromatic carbocycles. The zero-order valence-electron chi connectivity index (χ0n) is 17.4. The maximum Gasteiger partial charge on any atom is 0.227 e. The fourth-order valence-electron chi connectivity index (χ4n) is 3.58. The highest BCUT2D eigenvalue weighted by atomic mass is 35.5. The van der Waals surface area contributed by atoms with Crippen LogP contribution in [0.4, 0.5) is 5.69 Å². The number of hydrogen-bond acceptors (Lipinski definition) is 6. The summed E-state index contributed by atoms with van der Waals surface area (Å²) in [5.41, 5.74) is 1.82. The lowest BCUT2D eigenvalue weighted by atomic mass is 10.2. The SMILES string of the molecule is COc1ccc(N2CCN(Cc3cc(=O)c(OCc4ccccc4Cl)co3)CC2)cc1. The fraction of sp³-hybridized carbons (Fsp3) is 0.292. The molecule has 0 amide bonds. The minimum atomic E-state index is -0.190. The van der Waals surface area contributed by atoms with E-state index in [2.05, 4.69) is 21.9 Å². The van der Waals surface area contributed by atoms with Gasteiger partial charge in [-0.25, -0.2) is 0 Å². The van der Waals surface area contributed by atoms with E-state index in [0.717, 1.165) is 37.5 Å². The quantitative estimate of drug-likeness (QED) is 0.548. The van der Waals surface area contributed by atoms with Gasteiger partial charge in [0.1, 0.15) is 24.4 Å². The first kappa shape index (κ1) is 21.3. The minimum Gasteiger partial charge on any atom is -0.497 e. The van der Waals surface area contributed by atoms with Crippen molar-refractivity contribution in [2.24, 2.45) is 0 Å². The first-order valence-corrected chi connectivity index (χ1v) is 10.6. The summed E-state index contributed by atoms with van der Waals surface area (Å²) in [6.07, 6.45) is 1.39. The van der Waals surface area contributed by atoms with Crippen LogP contribution in [0.25, 0.3) is 0 Å². The zero-order valence-corrected chi connectivity index (χ0v) is 18.2. The van der Waals surface area contributed by atoms with Crippen LogP contribution in [0.1, 0.15) is 11.3 Å². The maximum atomic E-state index is 12.4. The Kier molecular flexibility index (Phi) is 6.79. The molecule has 1 aliphatic heterocycles. The third kappa shape index (κ3) is 5.40. The molecule has 0 N–H and O–H groups in total. The normalized spacial score (nSPS) is 14.5. The van der Waals surface area contributed by atoms with E-state index in [1.807, 2.05) is 30.3 Å². The van der Waals surface area contributed by atoms with Gasteiger partial charge in [0.25, 0.3) is 0 Å². The lowest BCUT2D eigenvalue weighted by Gasteiger charge is -2.35. The van der Waals surface area contributed by atoms with Crippen LogP contribution in [-0.4, -0.2) is 38.2 Å². The molecule has 0 saturated carbocycles. The number of halogens is 1. The lowest BCUT2D eigenvalue weighted by Crippen LogP contribution is -2.46. The van der Waals surface area contributed by atoms with Crippen molar-refractivity contribution in [2.45, 2.75) is 13.2 Å². The third-order valence-corrected chi connectivity index (χ3v) is 5.75. The third-order valence-electron chi connectivity index (χ3n) is 5.38. The fourth-order valence-corrected chi connectivity index (χ4v) is 3.77. The van der Waals surface area contributed by atoms with E-state index in [0.29, 0.717) is 17.3 Å². The van der Waals surface area contributed by atoms with Crippen molar-refractivity contribution >= 4 is 17.3 Å². The van der Waals surface area contributed by atoms with Gasteiger partial charge in [-0.2, -0.15) is 0 Å². The predicted octanol–water partition coefficient (Wildman–Crippen LogP) is 4.20. The second-order valence-corrected chi connectivity index (χ2v) is 7.82. The Bertz CT molecular complexity index is 1060. The molecule has 0 spiro atoms. The highest BCUT2D eigenvalue weighted by Crippen LogP contribution is 2.21. The van der Waals surface area contributed by atoms with Crippen LogP contribution in [-0.2, 0) is 13.2 Å². The number of ether oxygens (including phenoxy) is 2. The number of rotatable bonds is 7. The van der Waals surface area contributed by atoms with Crippen LogP contribution in [0, 0.1) is 0 Å². The summed E-state index contributed by atoms with van der Waals surface area (Å²) in [7, 11) is 1.67. The van der Waals surface area contributed by atoms with Crippen LogP contribution in [0.3, 0.4) is 0 Å². The van der Waals surface area contributed by atoms with E-state index in [1.165, 1.54) is 18.0 Å². The Labute approximate surface area is 186 Å². The standard InChI is InChI=1S/C24H25ClN2O4/c1-29-20-8-6-19(7-9-20)27-12-10-26(11-13-27)15-21-14-23(28)24(17-30-21)31-16-18-4-2-3-5-22(18)25/h2-9,14,17H,10-13,15-16H2,1H3. The van der Waals surface area contributed by atoms with E-state index < -0.39 is 0 Å². The highest BCUT2D eigenvalue weighted by Gasteiger charge is 2.18. The number of benzene rings is 2. The van der Waals surface area contributed by atoms with Crippen molar-refractivity contribution in [1.82, 2.24) is 4.90 Å². The molecule has 31 heavy (non-hydrogen) atoms. The largest absolute Gasteiger partial charge is 0.497 e. The summed E-state index contributed by atoms with van der Waals surface area (Å²) >= 11 is 6.13. The van der Waals surface area contributed by atoms with Crippen molar-refractivity contribution in [3.05, 3.63) is 87.4 Å². The van der Waals surface area contributed by atoms with Crippen LogP contribution in [0.2, 0.25) is 5.02 Å². The Morgan fingerprint density at radius 3 is 2.45 bits per heavy atom. The molecule has 7 heteroatoms. The van der Waals surface area contributed by atoms with Gasteiger partial charge in [0.15, 0.2) is 0 Å². The second kappa shape index (κ2) is 9.90. The molecule has 1 aliphatic rings. The van der Waals surface area contributed by atoms with Crippen molar-refractivity contribution in [3.8, 4) is 11.5 Å². The Balaban J connectivity index is 1.30. The molecule has 0 aliphatic carbocycles. The molecular formula is C24H25ClN2O4. The first-order chi connectivity index (χ1) is 15.1. The van der Waals surface area contributed by atoms with Crippen molar-refractivity contribution in [1.29, 1.82) is 0 Å². The molecule has 3 aromatic rings. The van der Waals surface area contributed by atoms with Gasteiger partial charge in [0.2, 0.25) is 11.2 Å². The monoisotopic (exact) mass is 440 g/mol. The van der Waals surface area contributed by atoms with Gasteiger partial charge in [0.05, 0.1) is 13.7 Å². The van der Waals surface area contributed by atoms with Gasteiger partial charge in [-0.1, -0.05) is 29.8 Å². The average molecular weight is 441 g/mol. The summed E-state index contributed by atoms with van der Waals surface area (Å²) in [6, 6.07) is 17.0. The number of nitrogens with zero attached hydrogens (tertiary/aromatic N) is 2. The summed E-state index contributed by atoms with van der Waals surface area (Å²) < 4.78 is 16.5. The second-order valence-electron chi connectivity index (χ2n) is 7.42. The Hall–Kier alpha value is -2.96. The molecule has 0 atom stereocenters. The van der Waals surface area contributed by atoms with Crippen LogP contribution in [0.15, 0.2) is 70.1 Å². The summed E-state index contributed by atoms with van der Waals surface area (Å²) in [6.45, 7) is 4.42. The Morgan fingerprint density at radius 2 is 1.77 bits per heavy atom. The van der Waals surface area contributed by atoms with Gasteiger partial charge < -0.3 is 18.8 Å². The van der Waals surface area contributed by atoms with E-state index in [9.17, 15) is 4.79 Å². The molecule has 6 nitrogen and oxygen atoms in total. The van der Waals surface area contributed by atoms with Gasteiger partial charge in [-0.3, -0.25) is 9.69 Å². The van der Waals surface area contributed by atoms with Crippen LogP contribution < -0.4 is 19.8 Å². The van der Waals surface area contributed by atoms with Gasteiger partial charge in [-0.15, -0.1) is 0 Å². The maximum absolute atomic E-state index is 12.4. The summed E-state index contributed by atoms with van der Waals surface area (Å²) in [5, 5.41) is 0.609. The molecule has 162 valence electrons. The Morgan fingerprint density at radius 1 is 1.03 bits per heavy atom. The van der Waals surface area contributed by atoms with E-state index in [4.69, 9.17) is 25.5 Å². The molecule has 0 radical (unpaired) electrons. The molecule has 0 unspecified atom stereocenters. The highest BCUT2D eigenvalue weighted by molar-refractivity contribution is 6.31. The van der Waals surface area contributed by atoms with Crippen molar-refractivity contribution in [2.75, 3.05) is 38.2 Å². The molecule has 1 saturated heterocycles. The first-order valence-electron chi connectivity index (χ1n) is 10.2. The summed E-state index contributed by atoms with van der Waals surface area (Å²) in [4.78, 5) is 17.0. The average Bonchev–Trinajstić information content (AvgIpc) is 2.80. The number of methoxy groups -OCH3 is 1. The number of hydrogen-bond donors (Lipinski definition) is 0. The van der Waals surface area contributed by atoms with Crippen molar-refractivity contribution in [3.63, 3.8) is 0 Å². The number of anilines is 1. The zero-order chi connectivity index (χ0) is 21.6. The number of piperazine rings is 1. The smallest absolute Gasteiger partial charge is 0.227 e. The molecular weight excluding hydrogens is 416 g/mol. The molecule has 4 rings (SSSR count). The molecule has 0 bridgehead atoms. The van der Waals surface area contributed by atoms with E-state index in [-0.39, 0.29) is 17.8 Å². The topological polar surface area (TPSA) is 55.2 Å². The van der Waals surface area contributed by atoms with Crippen LogP contribution >= 0.6 is 11.6 Å². The molecule has 2 heterocycles.